The number of carbonyl (C=O) groups is 4. The molecule has 0 saturated heterocycles. The summed E-state index contributed by atoms with van der Waals surface area (Å²) < 4.78 is 5.50. The van der Waals surface area contributed by atoms with E-state index in [4.69, 9.17) is 4.74 Å². The number of esters is 1. The van der Waals surface area contributed by atoms with Gasteiger partial charge in [-0.1, -0.05) is 50.5 Å². The Kier molecular flexibility index (Phi) is 6.32. The van der Waals surface area contributed by atoms with Crippen LogP contribution >= 0.6 is 0 Å². The second-order valence-electron chi connectivity index (χ2n) is 9.25. The second-order valence-corrected chi connectivity index (χ2v) is 9.25. The van der Waals surface area contributed by atoms with Crippen molar-refractivity contribution < 1.29 is 39.2 Å². The zero-order chi connectivity index (χ0) is 27.1. The summed E-state index contributed by atoms with van der Waals surface area (Å²) in [6.07, 6.45) is 3.70. The van der Waals surface area contributed by atoms with Gasteiger partial charge in [0, 0.05) is 10.8 Å². The molecule has 0 unspecified atom stereocenters. The summed E-state index contributed by atoms with van der Waals surface area (Å²) in [5.41, 5.74) is -0.226. The molecule has 0 saturated carbocycles. The van der Waals surface area contributed by atoms with Gasteiger partial charge in [-0.3, -0.25) is 0 Å². The molecule has 0 aliphatic carbocycles. The van der Waals surface area contributed by atoms with Crippen LogP contribution < -0.4 is 0 Å². The smallest absolute Gasteiger partial charge is 0.338 e. The van der Waals surface area contributed by atoms with Crippen molar-refractivity contribution in [3.05, 3.63) is 70.8 Å². The quantitative estimate of drug-likeness (QED) is 0.0872. The van der Waals surface area contributed by atoms with E-state index in [0.29, 0.717) is 38.7 Å². The van der Waals surface area contributed by atoms with Crippen molar-refractivity contribution in [2.45, 2.75) is 32.6 Å². The summed E-state index contributed by atoms with van der Waals surface area (Å²) in [4.78, 5) is 49.4. The summed E-state index contributed by atoms with van der Waals surface area (Å²) in [5, 5.41) is 33.2. The second kappa shape index (κ2) is 9.63. The standard InChI is InChI=1S/C30H24O8/c1-2-3-4-5-14-38-30(37)22-13-9-18-16-7-11-20(28(33)34)25-19(27(31)32)10-6-15(23(16)25)17-8-12-21(29(35)36)26(22)24(17)18/h6-13H,2-5,14H2,1H3,(H,31,32)(H,33,34)(H,35,36). The summed E-state index contributed by atoms with van der Waals surface area (Å²) in [5.74, 6) is -4.34. The number of aromatic carboxylic acids is 3. The number of fused-ring (bicyclic) bond motifs is 2. The zero-order valence-electron chi connectivity index (χ0n) is 20.5. The number of ether oxygens (including phenoxy) is 1. The van der Waals surface area contributed by atoms with Crippen LogP contribution in [0.1, 0.15) is 74.0 Å². The highest BCUT2D eigenvalue weighted by molar-refractivity contribution is 6.38. The van der Waals surface area contributed by atoms with Crippen molar-refractivity contribution in [1.82, 2.24) is 0 Å². The Bertz CT molecular complexity index is 1710. The summed E-state index contributed by atoms with van der Waals surface area (Å²) in [6, 6.07) is 12.1. The molecule has 5 rings (SSSR count). The van der Waals surface area contributed by atoms with E-state index in [1.54, 1.807) is 24.3 Å². The maximum atomic E-state index is 13.1. The van der Waals surface area contributed by atoms with Crippen molar-refractivity contribution >= 4 is 67.0 Å². The molecule has 0 bridgehead atoms. The molecule has 0 fully saturated rings. The largest absolute Gasteiger partial charge is 0.478 e. The molecular weight excluding hydrogens is 488 g/mol. The lowest BCUT2D eigenvalue weighted by Gasteiger charge is -2.19. The van der Waals surface area contributed by atoms with E-state index in [9.17, 15) is 34.5 Å². The SMILES string of the molecule is CCCCCCOC(=O)c1ccc2c3ccc(C(=O)O)c4c(C(=O)O)ccc(c5ccc(C(=O)O)c1c52)c43. The number of carboxylic acid groups (broad SMARTS) is 3. The molecule has 0 aliphatic heterocycles. The molecule has 0 aliphatic rings. The average molecular weight is 513 g/mol. The van der Waals surface area contributed by atoms with E-state index in [1.807, 2.05) is 0 Å². The van der Waals surface area contributed by atoms with E-state index >= 15 is 0 Å². The predicted octanol–water partition coefficient (Wildman–Crippen LogP) is 6.57. The summed E-state index contributed by atoms with van der Waals surface area (Å²) in [7, 11) is 0. The van der Waals surface area contributed by atoms with Crippen LogP contribution in [0.2, 0.25) is 0 Å². The van der Waals surface area contributed by atoms with Crippen LogP contribution in [0.25, 0.3) is 43.1 Å². The monoisotopic (exact) mass is 512 g/mol. The molecule has 192 valence electrons. The van der Waals surface area contributed by atoms with Gasteiger partial charge in [-0.2, -0.15) is 0 Å². The Labute approximate surface area is 216 Å². The summed E-state index contributed by atoms with van der Waals surface area (Å²) >= 11 is 0. The molecule has 5 aromatic carbocycles. The molecule has 0 atom stereocenters. The van der Waals surface area contributed by atoms with Crippen LogP contribution in [0.15, 0.2) is 48.5 Å². The lowest BCUT2D eigenvalue weighted by molar-refractivity contribution is 0.0499. The number of unbranched alkanes of at least 4 members (excludes halogenated alkanes) is 3. The molecule has 0 aromatic heterocycles. The summed E-state index contributed by atoms with van der Waals surface area (Å²) in [6.45, 7) is 2.31. The van der Waals surface area contributed by atoms with Crippen LogP contribution in [-0.2, 0) is 4.74 Å². The van der Waals surface area contributed by atoms with Gasteiger partial charge in [0.2, 0.25) is 0 Å². The highest BCUT2D eigenvalue weighted by Gasteiger charge is 2.25. The van der Waals surface area contributed by atoms with Crippen molar-refractivity contribution in [3.8, 4) is 0 Å². The first-order chi connectivity index (χ1) is 18.3. The minimum Gasteiger partial charge on any atom is -0.478 e. The van der Waals surface area contributed by atoms with Gasteiger partial charge in [-0.05, 0) is 63.0 Å². The third-order valence-corrected chi connectivity index (χ3v) is 7.04. The van der Waals surface area contributed by atoms with Crippen LogP contribution in [0.4, 0.5) is 0 Å². The molecule has 0 amide bonds. The van der Waals surface area contributed by atoms with Crippen LogP contribution in [-0.4, -0.2) is 45.8 Å². The van der Waals surface area contributed by atoms with Gasteiger partial charge >= 0.3 is 23.9 Å². The minimum absolute atomic E-state index is 0.0625. The first kappa shape index (κ1) is 25.0. The van der Waals surface area contributed by atoms with E-state index in [0.717, 1.165) is 19.3 Å². The lowest BCUT2D eigenvalue weighted by atomic mass is 9.84. The molecule has 0 heterocycles. The first-order valence-electron chi connectivity index (χ1n) is 12.3. The highest BCUT2D eigenvalue weighted by atomic mass is 16.5. The fourth-order valence-electron chi connectivity index (χ4n) is 5.37. The number of hydrogen-bond acceptors (Lipinski definition) is 5. The van der Waals surface area contributed by atoms with Gasteiger partial charge < -0.3 is 20.1 Å². The van der Waals surface area contributed by atoms with Gasteiger partial charge in [0.15, 0.2) is 0 Å². The average Bonchev–Trinajstić information content (AvgIpc) is 2.90. The van der Waals surface area contributed by atoms with Gasteiger partial charge in [0.05, 0.1) is 28.9 Å². The van der Waals surface area contributed by atoms with Gasteiger partial charge in [0.1, 0.15) is 0 Å². The molecular formula is C30H24O8. The number of hydrogen-bond donors (Lipinski definition) is 3. The maximum absolute atomic E-state index is 13.1. The van der Waals surface area contributed by atoms with E-state index < -0.39 is 23.9 Å². The van der Waals surface area contributed by atoms with E-state index in [1.165, 1.54) is 24.3 Å². The van der Waals surface area contributed by atoms with Crippen molar-refractivity contribution in [2.24, 2.45) is 0 Å². The normalized spacial score (nSPS) is 11.5. The Balaban J connectivity index is 1.86. The van der Waals surface area contributed by atoms with Crippen molar-refractivity contribution in [2.75, 3.05) is 6.61 Å². The third kappa shape index (κ3) is 3.85. The van der Waals surface area contributed by atoms with E-state index in [2.05, 4.69) is 6.92 Å². The maximum Gasteiger partial charge on any atom is 0.338 e. The number of carboxylic acids is 3. The fraction of sp³-hybridized carbons (Fsp3) is 0.200. The Hall–Kier alpha value is -4.72. The lowest BCUT2D eigenvalue weighted by Crippen LogP contribution is -2.10. The number of carbonyl (C=O) groups excluding carboxylic acids is 1. The highest BCUT2D eigenvalue weighted by Crippen LogP contribution is 2.44. The van der Waals surface area contributed by atoms with Crippen LogP contribution in [0, 0.1) is 0 Å². The molecule has 0 spiro atoms. The molecule has 38 heavy (non-hydrogen) atoms. The molecule has 5 aromatic rings. The van der Waals surface area contributed by atoms with Crippen molar-refractivity contribution in [3.63, 3.8) is 0 Å². The number of rotatable bonds is 9. The first-order valence-corrected chi connectivity index (χ1v) is 12.3. The van der Waals surface area contributed by atoms with Gasteiger partial charge in [-0.15, -0.1) is 0 Å². The Morgan fingerprint density at radius 2 is 0.947 bits per heavy atom. The van der Waals surface area contributed by atoms with E-state index in [-0.39, 0.29) is 39.6 Å². The van der Waals surface area contributed by atoms with Crippen LogP contribution in [0.5, 0.6) is 0 Å². The number of benzene rings is 5. The predicted molar refractivity (Wildman–Crippen MR) is 143 cm³/mol. The third-order valence-electron chi connectivity index (χ3n) is 7.04. The topological polar surface area (TPSA) is 138 Å². The molecule has 3 N–H and O–H groups in total. The fourth-order valence-corrected chi connectivity index (χ4v) is 5.37. The van der Waals surface area contributed by atoms with Crippen molar-refractivity contribution in [1.29, 1.82) is 0 Å². The molecule has 8 heteroatoms. The Morgan fingerprint density at radius 1 is 0.553 bits per heavy atom. The zero-order valence-corrected chi connectivity index (χ0v) is 20.5. The van der Waals surface area contributed by atoms with Crippen LogP contribution in [0.3, 0.4) is 0 Å². The molecule has 8 nitrogen and oxygen atoms in total. The minimum atomic E-state index is -1.26. The Morgan fingerprint density at radius 3 is 1.34 bits per heavy atom. The van der Waals surface area contributed by atoms with Gasteiger partial charge in [-0.25, -0.2) is 19.2 Å². The van der Waals surface area contributed by atoms with Gasteiger partial charge in [0.25, 0.3) is 0 Å². The molecule has 0 radical (unpaired) electrons.